The average Bonchev–Trinajstić information content (AvgIpc) is 2.11. The lowest BCUT2D eigenvalue weighted by Gasteiger charge is -2.14. The van der Waals surface area contributed by atoms with Crippen LogP contribution in [-0.2, 0) is 14.4 Å². The van der Waals surface area contributed by atoms with E-state index in [2.05, 4.69) is 17.5 Å². The quantitative estimate of drug-likeness (QED) is 0.313. The van der Waals surface area contributed by atoms with Gasteiger partial charge in [-0.15, -0.1) is 10.1 Å². The molecule has 2 N–H and O–H groups in total. The van der Waals surface area contributed by atoms with E-state index in [1.807, 2.05) is 5.32 Å². The summed E-state index contributed by atoms with van der Waals surface area (Å²) < 4.78 is 0. The van der Waals surface area contributed by atoms with Crippen LogP contribution in [0.5, 0.6) is 0 Å². The Morgan fingerprint density at radius 1 is 1.67 bits per heavy atom. The van der Waals surface area contributed by atoms with Crippen LogP contribution >= 0.6 is 12.6 Å². The number of aliphatic carboxylic acids is 1. The first kappa shape index (κ1) is 13.5. The van der Waals surface area contributed by atoms with Crippen molar-refractivity contribution in [3.8, 4) is 0 Å². The Kier molecular flexibility index (Phi) is 5.45. The predicted molar refractivity (Wildman–Crippen MR) is 51.0 cm³/mol. The Morgan fingerprint density at radius 3 is 2.53 bits per heavy atom. The maximum Gasteiger partial charge on any atom is 0.327 e. The molecule has 9 heteroatoms. The summed E-state index contributed by atoms with van der Waals surface area (Å²) in [6.45, 7) is 1.13. The van der Waals surface area contributed by atoms with Gasteiger partial charge in [0.15, 0.2) is 6.10 Å². The molecule has 0 aromatic heterocycles. The van der Waals surface area contributed by atoms with Gasteiger partial charge in [0.05, 0.1) is 0 Å². The van der Waals surface area contributed by atoms with Crippen LogP contribution in [0, 0.1) is 10.1 Å². The topological polar surface area (TPSA) is 119 Å². The molecular formula is C6H10N2O6S. The van der Waals surface area contributed by atoms with Crippen molar-refractivity contribution in [2.45, 2.75) is 19.1 Å². The summed E-state index contributed by atoms with van der Waals surface area (Å²) in [5.41, 5.74) is 0. The van der Waals surface area contributed by atoms with Crippen LogP contribution in [0.3, 0.4) is 0 Å². The summed E-state index contributed by atoms with van der Waals surface area (Å²) in [6.07, 6.45) is -1.36. The molecule has 0 fully saturated rings. The number of rotatable bonds is 6. The van der Waals surface area contributed by atoms with Crippen LogP contribution in [0.15, 0.2) is 0 Å². The van der Waals surface area contributed by atoms with Gasteiger partial charge in [-0.25, -0.2) is 4.79 Å². The lowest BCUT2D eigenvalue weighted by molar-refractivity contribution is -0.763. The van der Waals surface area contributed by atoms with Crippen LogP contribution in [0.2, 0.25) is 0 Å². The second-order valence-corrected chi connectivity index (χ2v) is 2.92. The average molecular weight is 238 g/mol. The molecule has 2 unspecified atom stereocenters. The summed E-state index contributed by atoms with van der Waals surface area (Å²) in [6, 6.07) is -1.20. The lowest BCUT2D eigenvalue weighted by atomic mass is 10.3. The molecule has 8 nitrogen and oxygen atoms in total. The first-order valence-corrected chi connectivity index (χ1v) is 4.47. The van der Waals surface area contributed by atoms with E-state index in [4.69, 9.17) is 5.11 Å². The number of carboxylic acids is 1. The van der Waals surface area contributed by atoms with Gasteiger partial charge >= 0.3 is 5.97 Å². The number of carbonyl (C=O) groups is 2. The molecule has 0 aromatic carbocycles. The fourth-order valence-electron chi connectivity index (χ4n) is 0.652. The van der Waals surface area contributed by atoms with Gasteiger partial charge in [-0.05, 0) is 6.92 Å². The highest BCUT2D eigenvalue weighted by atomic mass is 32.1. The summed E-state index contributed by atoms with van der Waals surface area (Å²) in [5, 5.41) is 19.3. The minimum atomic E-state index is -1.36. The molecule has 0 radical (unpaired) electrons. The lowest BCUT2D eigenvalue weighted by Crippen LogP contribution is -2.46. The minimum absolute atomic E-state index is 0.119. The first-order valence-electron chi connectivity index (χ1n) is 3.83. The van der Waals surface area contributed by atoms with Gasteiger partial charge in [0, 0.05) is 5.75 Å². The number of carbonyl (C=O) groups excluding carboxylic acids is 1. The number of carboxylic acid groups (broad SMARTS) is 1. The minimum Gasteiger partial charge on any atom is -0.480 e. The fraction of sp³-hybridized carbons (Fsp3) is 0.667. The van der Waals surface area contributed by atoms with Gasteiger partial charge in [-0.1, -0.05) is 0 Å². The standard InChI is InChI=1S/C6H10N2O6S/c1-3(14-8(12)13)5(9)7-4(2-15)6(10)11/h3-4,15H,2H2,1H3,(H,7,9)(H,10,11). The SMILES string of the molecule is CC(O[N+](=O)[O-])C(=O)NC(CS)C(=O)O. The van der Waals surface area contributed by atoms with Crippen molar-refractivity contribution in [3.63, 3.8) is 0 Å². The van der Waals surface area contributed by atoms with Crippen molar-refractivity contribution < 1.29 is 24.6 Å². The Labute approximate surface area is 90.1 Å². The predicted octanol–water partition coefficient (Wildman–Crippen LogP) is -0.918. The molecule has 0 saturated carbocycles. The third-order valence-corrected chi connectivity index (χ3v) is 1.78. The van der Waals surface area contributed by atoms with Crippen molar-refractivity contribution in [1.82, 2.24) is 5.32 Å². The van der Waals surface area contributed by atoms with Gasteiger partial charge in [-0.2, -0.15) is 12.6 Å². The molecule has 0 rings (SSSR count). The zero-order chi connectivity index (χ0) is 12.0. The molecule has 1 amide bonds. The highest BCUT2D eigenvalue weighted by Gasteiger charge is 2.23. The van der Waals surface area contributed by atoms with Crippen LogP contribution < -0.4 is 5.32 Å². The molecule has 0 aliphatic carbocycles. The molecule has 15 heavy (non-hydrogen) atoms. The molecule has 86 valence electrons. The summed E-state index contributed by atoms with van der Waals surface area (Å²) in [5.74, 6) is -2.27. The fourth-order valence-corrected chi connectivity index (χ4v) is 0.899. The number of nitrogens with one attached hydrogen (secondary N) is 1. The Hall–Kier alpha value is -1.51. The van der Waals surface area contributed by atoms with E-state index in [0.717, 1.165) is 6.92 Å². The van der Waals surface area contributed by atoms with E-state index < -0.39 is 29.1 Å². The summed E-state index contributed by atoms with van der Waals surface area (Å²) in [7, 11) is 0. The van der Waals surface area contributed by atoms with Crippen molar-refractivity contribution in [3.05, 3.63) is 10.1 Å². The summed E-state index contributed by atoms with van der Waals surface area (Å²) in [4.78, 5) is 35.4. The largest absolute Gasteiger partial charge is 0.480 e. The Morgan fingerprint density at radius 2 is 2.20 bits per heavy atom. The smallest absolute Gasteiger partial charge is 0.327 e. The monoisotopic (exact) mass is 238 g/mol. The van der Waals surface area contributed by atoms with Crippen molar-refractivity contribution in [2.24, 2.45) is 0 Å². The Balaban J connectivity index is 4.21. The highest BCUT2D eigenvalue weighted by Crippen LogP contribution is 1.94. The van der Waals surface area contributed by atoms with Crippen molar-refractivity contribution >= 4 is 24.5 Å². The molecule has 0 spiro atoms. The second-order valence-electron chi connectivity index (χ2n) is 2.55. The molecule has 2 atom stereocenters. The van der Waals surface area contributed by atoms with E-state index >= 15 is 0 Å². The van der Waals surface area contributed by atoms with E-state index in [-0.39, 0.29) is 5.75 Å². The molecule has 0 aliphatic rings. The third kappa shape index (κ3) is 5.05. The molecule has 0 aliphatic heterocycles. The van der Waals surface area contributed by atoms with Crippen molar-refractivity contribution in [1.29, 1.82) is 0 Å². The van der Waals surface area contributed by atoms with E-state index in [1.54, 1.807) is 0 Å². The first-order chi connectivity index (χ1) is 6.88. The van der Waals surface area contributed by atoms with Gasteiger partial charge in [0.2, 0.25) is 5.91 Å². The van der Waals surface area contributed by atoms with E-state index in [1.165, 1.54) is 0 Å². The Bertz CT molecular complexity index is 270. The zero-order valence-electron chi connectivity index (χ0n) is 7.74. The molecule has 0 aromatic rings. The molecule has 0 heterocycles. The van der Waals surface area contributed by atoms with Gasteiger partial charge < -0.3 is 15.3 Å². The van der Waals surface area contributed by atoms with Crippen LogP contribution in [0.4, 0.5) is 0 Å². The third-order valence-electron chi connectivity index (χ3n) is 1.41. The van der Waals surface area contributed by atoms with E-state index in [0.29, 0.717) is 0 Å². The number of hydrogen-bond donors (Lipinski definition) is 3. The van der Waals surface area contributed by atoms with Crippen LogP contribution in [0.1, 0.15) is 6.92 Å². The van der Waals surface area contributed by atoms with Gasteiger partial charge in [0.25, 0.3) is 5.09 Å². The van der Waals surface area contributed by atoms with E-state index in [9.17, 15) is 19.7 Å². The maximum atomic E-state index is 11.1. The van der Waals surface area contributed by atoms with Crippen molar-refractivity contribution in [2.75, 3.05) is 5.75 Å². The number of hydrogen-bond acceptors (Lipinski definition) is 6. The normalized spacial score (nSPS) is 13.7. The van der Waals surface area contributed by atoms with Crippen LogP contribution in [0.25, 0.3) is 0 Å². The second kappa shape index (κ2) is 6.06. The van der Waals surface area contributed by atoms with Gasteiger partial charge in [-0.3, -0.25) is 4.79 Å². The summed E-state index contributed by atoms with van der Waals surface area (Å²) >= 11 is 3.70. The highest BCUT2D eigenvalue weighted by molar-refractivity contribution is 7.80. The number of amides is 1. The number of thiol groups is 1. The zero-order valence-corrected chi connectivity index (χ0v) is 8.64. The molecular weight excluding hydrogens is 228 g/mol. The number of nitrogens with zero attached hydrogens (tertiary/aromatic N) is 1. The maximum absolute atomic E-state index is 11.1. The molecule has 0 bridgehead atoms. The molecule has 0 saturated heterocycles. The van der Waals surface area contributed by atoms with Gasteiger partial charge in [0.1, 0.15) is 6.04 Å². The van der Waals surface area contributed by atoms with Crippen LogP contribution in [-0.4, -0.2) is 40.0 Å².